The first kappa shape index (κ1) is 11.6. The zero-order valence-corrected chi connectivity index (χ0v) is 10.6. The molecule has 0 aliphatic carbocycles. The highest BCUT2D eigenvalue weighted by atomic mass is 35.5. The van der Waals surface area contributed by atoms with E-state index in [-0.39, 0.29) is 0 Å². The topological polar surface area (TPSA) is 20.2 Å². The Labute approximate surface area is 104 Å². The predicted molar refractivity (Wildman–Crippen MR) is 69.2 cm³/mol. The lowest BCUT2D eigenvalue weighted by atomic mass is 10.0. The van der Waals surface area contributed by atoms with Crippen LogP contribution in [-0.2, 0) is 6.42 Å². The molecule has 0 amide bonds. The minimum absolute atomic E-state index is 0.425. The van der Waals surface area contributed by atoms with E-state index in [0.29, 0.717) is 6.42 Å². The van der Waals surface area contributed by atoms with Crippen LogP contribution in [-0.4, -0.2) is 5.11 Å². The number of aliphatic hydroxyl groups is 1. The van der Waals surface area contributed by atoms with Gasteiger partial charge in [0.1, 0.15) is 0 Å². The predicted octanol–water partition coefficient (Wildman–Crippen LogP) is 3.99. The fraction of sp³-hybridized carbons (Fsp3) is 0.231. The third-order valence-electron chi connectivity index (χ3n) is 2.48. The molecule has 0 bridgehead atoms. The van der Waals surface area contributed by atoms with Crippen LogP contribution in [0.4, 0.5) is 0 Å². The Morgan fingerprint density at radius 1 is 1.31 bits per heavy atom. The molecule has 1 aromatic carbocycles. The van der Waals surface area contributed by atoms with Crippen molar-refractivity contribution in [3.8, 4) is 0 Å². The minimum atomic E-state index is -0.425. The smallest absolute Gasteiger partial charge is 0.0838 e. The van der Waals surface area contributed by atoms with Crippen molar-refractivity contribution in [3.05, 3.63) is 56.7 Å². The number of benzene rings is 1. The summed E-state index contributed by atoms with van der Waals surface area (Å²) >= 11 is 7.47. The molecule has 1 atom stereocenters. The van der Waals surface area contributed by atoms with Gasteiger partial charge >= 0.3 is 0 Å². The second-order valence-corrected chi connectivity index (χ2v) is 5.39. The van der Waals surface area contributed by atoms with Gasteiger partial charge < -0.3 is 5.11 Å². The number of halogens is 1. The summed E-state index contributed by atoms with van der Waals surface area (Å²) in [5.41, 5.74) is 2.10. The third kappa shape index (κ3) is 2.85. The van der Waals surface area contributed by atoms with Gasteiger partial charge in [-0.25, -0.2) is 0 Å². The average Bonchev–Trinajstić information content (AvgIpc) is 2.68. The molecular weight excluding hydrogens is 240 g/mol. The van der Waals surface area contributed by atoms with E-state index >= 15 is 0 Å². The summed E-state index contributed by atoms with van der Waals surface area (Å²) in [5.74, 6) is 0. The largest absolute Gasteiger partial charge is 0.388 e. The van der Waals surface area contributed by atoms with E-state index in [2.05, 4.69) is 0 Å². The number of hydrogen-bond donors (Lipinski definition) is 1. The van der Waals surface area contributed by atoms with Crippen molar-refractivity contribution in [2.75, 3.05) is 0 Å². The van der Waals surface area contributed by atoms with Gasteiger partial charge in [0.05, 0.1) is 6.10 Å². The molecule has 0 spiro atoms. The molecule has 2 rings (SSSR count). The highest BCUT2D eigenvalue weighted by molar-refractivity contribution is 7.10. The van der Waals surface area contributed by atoms with Gasteiger partial charge in [-0.05, 0) is 41.6 Å². The zero-order valence-electron chi connectivity index (χ0n) is 8.98. The summed E-state index contributed by atoms with van der Waals surface area (Å²) < 4.78 is 0. The molecular formula is C13H13ClOS. The van der Waals surface area contributed by atoms with E-state index in [1.165, 1.54) is 4.88 Å². The molecule has 16 heavy (non-hydrogen) atoms. The van der Waals surface area contributed by atoms with Gasteiger partial charge in [0.25, 0.3) is 0 Å². The molecule has 1 N–H and O–H groups in total. The first-order chi connectivity index (χ1) is 7.65. The summed E-state index contributed by atoms with van der Waals surface area (Å²) in [6.45, 7) is 2.04. The monoisotopic (exact) mass is 252 g/mol. The van der Waals surface area contributed by atoms with Crippen LogP contribution in [0, 0.1) is 6.92 Å². The Hall–Kier alpha value is -0.830. The van der Waals surface area contributed by atoms with Gasteiger partial charge in [-0.1, -0.05) is 23.7 Å². The molecule has 0 aliphatic heterocycles. The van der Waals surface area contributed by atoms with Crippen molar-refractivity contribution in [2.24, 2.45) is 0 Å². The number of rotatable bonds is 3. The van der Waals surface area contributed by atoms with Gasteiger partial charge in [-0.15, -0.1) is 11.3 Å². The lowest BCUT2D eigenvalue weighted by Crippen LogP contribution is -2.00. The van der Waals surface area contributed by atoms with Crippen LogP contribution >= 0.6 is 22.9 Å². The van der Waals surface area contributed by atoms with Crippen molar-refractivity contribution in [1.82, 2.24) is 0 Å². The number of aliphatic hydroxyl groups excluding tert-OH is 1. The van der Waals surface area contributed by atoms with Crippen molar-refractivity contribution in [3.63, 3.8) is 0 Å². The molecule has 0 fully saturated rings. The third-order valence-corrected chi connectivity index (χ3v) is 3.61. The Bertz CT molecular complexity index is 461. The lowest BCUT2D eigenvalue weighted by molar-refractivity contribution is 0.179. The molecule has 0 radical (unpaired) electrons. The molecule has 1 heterocycles. The van der Waals surface area contributed by atoms with Gasteiger partial charge in [0.2, 0.25) is 0 Å². The maximum atomic E-state index is 10.0. The van der Waals surface area contributed by atoms with E-state index in [1.807, 2.05) is 42.6 Å². The van der Waals surface area contributed by atoms with E-state index in [4.69, 9.17) is 11.6 Å². The summed E-state index contributed by atoms with van der Waals surface area (Å²) in [7, 11) is 0. The Morgan fingerprint density at radius 2 is 2.00 bits per heavy atom. The van der Waals surface area contributed by atoms with Crippen LogP contribution < -0.4 is 0 Å². The van der Waals surface area contributed by atoms with E-state index in [1.54, 1.807) is 11.3 Å². The summed E-state index contributed by atoms with van der Waals surface area (Å²) in [5, 5.41) is 12.8. The van der Waals surface area contributed by atoms with Gasteiger partial charge in [0.15, 0.2) is 0 Å². The molecule has 1 nitrogen and oxygen atoms in total. The van der Waals surface area contributed by atoms with Crippen molar-refractivity contribution in [2.45, 2.75) is 19.4 Å². The first-order valence-corrected chi connectivity index (χ1v) is 6.38. The van der Waals surface area contributed by atoms with Crippen LogP contribution in [0.5, 0.6) is 0 Å². The molecule has 0 saturated heterocycles. The minimum Gasteiger partial charge on any atom is -0.388 e. The SMILES string of the molecule is Cc1cc(C(O)Cc2ccc(Cl)cc2)cs1. The standard InChI is InChI=1S/C13H13ClOS/c1-9-6-11(8-16-9)13(15)7-10-2-4-12(14)5-3-10/h2-6,8,13,15H,7H2,1H3. The molecule has 84 valence electrons. The van der Waals surface area contributed by atoms with Gasteiger partial charge in [0, 0.05) is 16.3 Å². The molecule has 1 unspecified atom stereocenters. The van der Waals surface area contributed by atoms with Crippen molar-refractivity contribution >= 4 is 22.9 Å². The second-order valence-electron chi connectivity index (χ2n) is 3.84. The fourth-order valence-electron chi connectivity index (χ4n) is 1.60. The number of hydrogen-bond acceptors (Lipinski definition) is 2. The fourth-order valence-corrected chi connectivity index (χ4v) is 2.48. The molecule has 3 heteroatoms. The quantitative estimate of drug-likeness (QED) is 0.876. The number of thiophene rings is 1. The maximum Gasteiger partial charge on any atom is 0.0838 e. The molecule has 2 aromatic rings. The van der Waals surface area contributed by atoms with Crippen LogP contribution in [0.2, 0.25) is 5.02 Å². The Morgan fingerprint density at radius 3 is 2.56 bits per heavy atom. The van der Waals surface area contributed by atoms with Crippen molar-refractivity contribution < 1.29 is 5.11 Å². The van der Waals surface area contributed by atoms with Crippen LogP contribution in [0.25, 0.3) is 0 Å². The van der Waals surface area contributed by atoms with Crippen LogP contribution in [0.1, 0.15) is 22.1 Å². The van der Waals surface area contributed by atoms with Gasteiger partial charge in [-0.2, -0.15) is 0 Å². The van der Waals surface area contributed by atoms with E-state index < -0.39 is 6.10 Å². The highest BCUT2D eigenvalue weighted by Gasteiger charge is 2.09. The Balaban J connectivity index is 2.07. The molecule has 0 aliphatic rings. The average molecular weight is 253 g/mol. The van der Waals surface area contributed by atoms with Crippen LogP contribution in [0.15, 0.2) is 35.7 Å². The van der Waals surface area contributed by atoms with Crippen LogP contribution in [0.3, 0.4) is 0 Å². The zero-order chi connectivity index (χ0) is 11.5. The van der Waals surface area contributed by atoms with Gasteiger partial charge in [-0.3, -0.25) is 0 Å². The highest BCUT2D eigenvalue weighted by Crippen LogP contribution is 2.23. The Kier molecular flexibility index (Phi) is 3.64. The summed E-state index contributed by atoms with van der Waals surface area (Å²) in [4.78, 5) is 1.23. The second kappa shape index (κ2) is 5.00. The lowest BCUT2D eigenvalue weighted by Gasteiger charge is -2.08. The molecule has 0 saturated carbocycles. The van der Waals surface area contributed by atoms with E-state index in [9.17, 15) is 5.11 Å². The number of aryl methyl sites for hydroxylation is 1. The normalized spacial score (nSPS) is 12.7. The molecule has 1 aromatic heterocycles. The van der Waals surface area contributed by atoms with E-state index in [0.717, 1.165) is 16.1 Å². The van der Waals surface area contributed by atoms with Crippen molar-refractivity contribution in [1.29, 1.82) is 0 Å². The maximum absolute atomic E-state index is 10.0. The first-order valence-electron chi connectivity index (χ1n) is 5.12. The summed E-state index contributed by atoms with van der Waals surface area (Å²) in [6.07, 6.45) is 0.207. The summed E-state index contributed by atoms with van der Waals surface area (Å²) in [6, 6.07) is 9.63.